The van der Waals surface area contributed by atoms with Gasteiger partial charge in [-0.1, -0.05) is 44.5 Å². The fourth-order valence-corrected chi connectivity index (χ4v) is 8.31. The average molecular weight is 974 g/mol. The van der Waals surface area contributed by atoms with Crippen LogP contribution in [0, 0.1) is 0 Å². The first-order valence-corrected chi connectivity index (χ1v) is 24.1. The maximum atomic E-state index is 14.0. The number of aliphatic imine (C=N–C) groups is 1. The van der Waals surface area contributed by atoms with Crippen LogP contribution in [-0.2, 0) is 27.5 Å². The van der Waals surface area contributed by atoms with Gasteiger partial charge in [0, 0.05) is 55.3 Å². The number of thiophene rings is 1. The highest BCUT2D eigenvalue weighted by Gasteiger charge is 2.24. The van der Waals surface area contributed by atoms with Gasteiger partial charge in [-0.15, -0.1) is 11.3 Å². The molecule has 0 fully saturated rings. The number of benzene rings is 2. The number of imidazole rings is 1. The van der Waals surface area contributed by atoms with Gasteiger partial charge in [-0.2, -0.15) is 0 Å². The minimum Gasteiger partial charge on any atom is -0.484 e. The van der Waals surface area contributed by atoms with E-state index in [9.17, 15) is 32.6 Å². The summed E-state index contributed by atoms with van der Waals surface area (Å²) in [5, 5.41) is 10.2. The predicted octanol–water partition coefficient (Wildman–Crippen LogP) is 7.11. The lowest BCUT2D eigenvalue weighted by Crippen LogP contribution is -2.40. The molecule has 0 atom stereocenters. The van der Waals surface area contributed by atoms with E-state index in [0.29, 0.717) is 103 Å². The number of hydrogen-bond acceptors (Lipinski definition) is 10. The molecule has 7 rings (SSSR count). The Bertz CT molecular complexity index is 3010. The molecule has 1 aliphatic rings. The highest BCUT2D eigenvalue weighted by Crippen LogP contribution is 2.30. The zero-order valence-corrected chi connectivity index (χ0v) is 39.7. The van der Waals surface area contributed by atoms with Crippen molar-refractivity contribution in [1.29, 1.82) is 0 Å². The van der Waals surface area contributed by atoms with Gasteiger partial charge in [0.2, 0.25) is 5.91 Å². The Morgan fingerprint density at radius 1 is 0.771 bits per heavy atom. The Balaban J connectivity index is 0.721. The Morgan fingerprint density at radius 2 is 1.44 bits per heavy atom. The van der Waals surface area contributed by atoms with E-state index in [4.69, 9.17) is 9.47 Å². The van der Waals surface area contributed by atoms with Crippen LogP contribution < -0.4 is 36.7 Å². The number of fused-ring (bicyclic) bond motifs is 1. The van der Waals surface area contributed by atoms with Gasteiger partial charge in [-0.05, 0) is 116 Å². The van der Waals surface area contributed by atoms with Gasteiger partial charge < -0.3 is 34.9 Å². The van der Waals surface area contributed by atoms with Crippen LogP contribution in [0.1, 0.15) is 63.6 Å². The summed E-state index contributed by atoms with van der Waals surface area (Å²) in [6, 6.07) is 21.1. The first-order valence-electron chi connectivity index (χ1n) is 23.2. The zero-order chi connectivity index (χ0) is 49.4. The van der Waals surface area contributed by atoms with Crippen molar-refractivity contribution in [3.8, 4) is 33.5 Å². The smallest absolute Gasteiger partial charge is 0.484 e. The highest BCUT2D eigenvalue weighted by molar-refractivity contribution is 7.13. The van der Waals surface area contributed by atoms with Crippen LogP contribution in [0.2, 0.25) is 0 Å². The summed E-state index contributed by atoms with van der Waals surface area (Å²) < 4.78 is 43.0. The lowest BCUT2D eigenvalue weighted by atomic mass is 10.2. The number of ether oxygens (including phenoxy) is 2. The van der Waals surface area contributed by atoms with E-state index in [1.807, 2.05) is 61.7 Å². The van der Waals surface area contributed by atoms with Crippen molar-refractivity contribution < 1.29 is 32.5 Å². The number of carbonyl (C=O) groups is 3. The lowest BCUT2D eigenvalue weighted by Gasteiger charge is -2.09. The third-order valence-electron chi connectivity index (χ3n) is 11.0. The number of halogens is 2. The molecule has 364 valence electrons. The Morgan fingerprint density at radius 3 is 2.11 bits per heavy atom. The summed E-state index contributed by atoms with van der Waals surface area (Å²) in [6.07, 6.45) is 12.7. The molecule has 0 unspecified atom stereocenters. The summed E-state index contributed by atoms with van der Waals surface area (Å²) in [6.45, 7) is 5.18. The monoisotopic (exact) mass is 973 g/mol. The van der Waals surface area contributed by atoms with Crippen LogP contribution in [0.25, 0.3) is 45.3 Å². The Hall–Kier alpha value is -7.61. The molecule has 4 aromatic heterocycles. The SMILES string of the molecule is CCCn1c(=O)c2[nH]c(-c3ccc(OCC(=O)NCCNC(=O)CCCCCNC(=O)COc4ccc(/C=C/C5=NC(=C\c6ccc(-c7cccs7)n6B(F)F)/C=C5)cc4)cc3)nc2n(CCC)c1=O. The van der Waals surface area contributed by atoms with Crippen LogP contribution in [-0.4, -0.2) is 87.3 Å². The van der Waals surface area contributed by atoms with Gasteiger partial charge in [0.1, 0.15) is 22.8 Å². The summed E-state index contributed by atoms with van der Waals surface area (Å²) >= 11 is 1.41. The molecule has 2 aromatic carbocycles. The number of nitrogens with zero attached hydrogens (tertiary/aromatic N) is 5. The molecule has 4 N–H and O–H groups in total. The highest BCUT2D eigenvalue weighted by atomic mass is 32.1. The van der Waals surface area contributed by atoms with E-state index in [0.717, 1.165) is 21.3 Å². The van der Waals surface area contributed by atoms with E-state index < -0.39 is 13.0 Å². The number of amides is 3. The second-order valence-electron chi connectivity index (χ2n) is 16.2. The Kier molecular flexibility index (Phi) is 17.7. The fourth-order valence-electron chi connectivity index (χ4n) is 7.57. The number of aryl methyl sites for hydroxylation is 1. The summed E-state index contributed by atoms with van der Waals surface area (Å²) in [5.41, 5.74) is 3.45. The quantitative estimate of drug-likeness (QED) is 0.0344. The van der Waals surface area contributed by atoms with Crippen molar-refractivity contribution in [3.63, 3.8) is 0 Å². The molecule has 0 saturated carbocycles. The van der Waals surface area contributed by atoms with E-state index in [1.165, 1.54) is 20.5 Å². The molecule has 0 aliphatic carbocycles. The number of allylic oxidation sites excluding steroid dienone is 3. The number of hydrogen-bond donors (Lipinski definition) is 4. The van der Waals surface area contributed by atoms with Gasteiger partial charge >= 0.3 is 13.1 Å². The minimum atomic E-state index is -2.69. The molecule has 70 heavy (non-hydrogen) atoms. The predicted molar refractivity (Wildman–Crippen MR) is 270 cm³/mol. The number of carbonyl (C=O) groups excluding carboxylic acids is 3. The number of rotatable bonds is 25. The van der Waals surface area contributed by atoms with Crippen molar-refractivity contribution >= 4 is 65.5 Å². The second-order valence-corrected chi connectivity index (χ2v) is 17.2. The molecular weight excluding hydrogens is 919 g/mol. The van der Waals surface area contributed by atoms with Crippen LogP contribution in [0.4, 0.5) is 8.63 Å². The van der Waals surface area contributed by atoms with Crippen molar-refractivity contribution in [2.75, 3.05) is 32.8 Å². The molecule has 0 bridgehead atoms. The van der Waals surface area contributed by atoms with E-state index >= 15 is 0 Å². The van der Waals surface area contributed by atoms with Gasteiger partial charge in [-0.25, -0.2) is 14.8 Å². The minimum absolute atomic E-state index is 0.134. The molecule has 20 heteroatoms. The molecule has 0 radical (unpaired) electrons. The van der Waals surface area contributed by atoms with Crippen LogP contribution in [0.15, 0.2) is 117 Å². The normalized spacial score (nSPS) is 12.7. The van der Waals surface area contributed by atoms with Crippen molar-refractivity contribution in [1.82, 2.24) is 39.5 Å². The third kappa shape index (κ3) is 13.3. The molecule has 5 heterocycles. The molecule has 0 spiro atoms. The van der Waals surface area contributed by atoms with Crippen LogP contribution in [0.3, 0.4) is 0 Å². The maximum absolute atomic E-state index is 14.0. The van der Waals surface area contributed by atoms with E-state index in [1.54, 1.807) is 60.7 Å². The van der Waals surface area contributed by atoms with Crippen molar-refractivity contribution in [2.24, 2.45) is 4.99 Å². The van der Waals surface area contributed by atoms with Crippen LogP contribution in [0.5, 0.6) is 11.5 Å². The van der Waals surface area contributed by atoms with Gasteiger partial charge in [-0.3, -0.25) is 36.9 Å². The second kappa shape index (κ2) is 24.6. The Labute approximate surface area is 407 Å². The molecular formula is C50H54BF2N9O7S. The third-order valence-corrected chi connectivity index (χ3v) is 11.9. The number of H-pyrrole nitrogens is 1. The van der Waals surface area contributed by atoms with Crippen LogP contribution >= 0.6 is 11.3 Å². The zero-order valence-electron chi connectivity index (χ0n) is 38.9. The van der Waals surface area contributed by atoms with E-state index in [-0.39, 0.29) is 55.2 Å². The molecule has 16 nitrogen and oxygen atoms in total. The fraction of sp³-hybridized carbons (Fsp3) is 0.300. The summed E-state index contributed by atoms with van der Waals surface area (Å²) in [7, 11) is -2.69. The number of unbranched alkanes of at least 4 members (excludes halogenated alkanes) is 2. The largest absolute Gasteiger partial charge is 0.678 e. The first kappa shape index (κ1) is 50.3. The van der Waals surface area contributed by atoms with Gasteiger partial charge in [0.25, 0.3) is 17.4 Å². The molecule has 0 saturated heterocycles. The van der Waals surface area contributed by atoms with E-state index in [2.05, 4.69) is 30.9 Å². The molecule has 1 aliphatic heterocycles. The van der Waals surface area contributed by atoms with Crippen molar-refractivity contribution in [3.05, 3.63) is 134 Å². The molecule has 3 amide bonds. The average Bonchev–Trinajstić information content (AvgIpc) is 4.21. The number of aromatic amines is 1. The number of aromatic nitrogens is 5. The number of nitrogens with one attached hydrogen (secondary N) is 4. The standard InChI is InChI=1S/C50H54BF2N9O7S/c1-3-28-60-48-46(49(66)61(29-4-2)50(60)67)58-47(59-48)35-14-22-40(23-15-35)69-33-45(65)56-27-26-55-43(63)10-6-5-7-25-54-44(64)32-68-39-20-12-34(13-21-39)11-16-36-17-18-37(57-36)31-38-19-24-41(62(38)51(52)53)42-9-8-30-70-42/h8-9,11-24,30-31H,3-7,10,25-29,32-33H2,1-2H3,(H,54,64)(H,55,63)(H,56,65)(H,58,59)/b16-11+,37-31-. The van der Waals surface area contributed by atoms with Gasteiger partial charge in [0.15, 0.2) is 18.9 Å². The maximum Gasteiger partial charge on any atom is 0.678 e. The first-order chi connectivity index (χ1) is 34.0. The summed E-state index contributed by atoms with van der Waals surface area (Å²) in [4.78, 5) is 76.1. The lowest BCUT2D eigenvalue weighted by molar-refractivity contribution is -0.124. The summed E-state index contributed by atoms with van der Waals surface area (Å²) in [5.74, 6) is 0.677. The topological polar surface area (TPSA) is 196 Å². The van der Waals surface area contributed by atoms with Gasteiger partial charge in [0.05, 0.1) is 17.1 Å². The van der Waals surface area contributed by atoms with Crippen molar-refractivity contribution in [2.45, 2.75) is 65.5 Å². The molecule has 6 aromatic rings.